The Kier molecular flexibility index (Phi) is 8.69. The lowest BCUT2D eigenvalue weighted by atomic mass is 9.89. The Morgan fingerprint density at radius 3 is 2.57 bits per heavy atom. The predicted octanol–water partition coefficient (Wildman–Crippen LogP) is 3.33. The van der Waals surface area contributed by atoms with Gasteiger partial charge in [0.05, 0.1) is 31.7 Å². The van der Waals surface area contributed by atoms with Gasteiger partial charge in [-0.2, -0.15) is 13.2 Å². The van der Waals surface area contributed by atoms with Gasteiger partial charge in [0.25, 0.3) is 0 Å². The predicted molar refractivity (Wildman–Crippen MR) is 125 cm³/mol. The second-order valence-electron chi connectivity index (χ2n) is 8.60. The van der Waals surface area contributed by atoms with Gasteiger partial charge in [-0.15, -0.1) is 0 Å². The van der Waals surface area contributed by atoms with Crippen molar-refractivity contribution in [1.82, 2.24) is 10.2 Å². The first kappa shape index (κ1) is 27.9. The number of fused-ring (bicyclic) bond motifs is 1. The van der Waals surface area contributed by atoms with Gasteiger partial charge in [-0.1, -0.05) is 18.2 Å². The van der Waals surface area contributed by atoms with Gasteiger partial charge in [-0.25, -0.2) is 4.39 Å². The fourth-order valence-electron chi connectivity index (χ4n) is 4.03. The van der Waals surface area contributed by atoms with Crippen molar-refractivity contribution in [3.63, 3.8) is 0 Å². The third-order valence-electron chi connectivity index (χ3n) is 5.97. The molecule has 1 aliphatic heterocycles. The summed E-state index contributed by atoms with van der Waals surface area (Å²) in [6.45, 7) is 1.80. The average Bonchev–Trinajstić information content (AvgIpc) is 2.84. The summed E-state index contributed by atoms with van der Waals surface area (Å²) in [5.41, 5.74) is 1.63. The van der Waals surface area contributed by atoms with Crippen LogP contribution in [0.2, 0.25) is 0 Å². The zero-order valence-electron chi connectivity index (χ0n) is 20.2. The number of nitrogens with zero attached hydrogens (tertiary/aromatic N) is 1. The van der Waals surface area contributed by atoms with Crippen molar-refractivity contribution < 1.29 is 41.8 Å². The summed E-state index contributed by atoms with van der Waals surface area (Å²) in [6.07, 6.45) is -3.03. The maximum absolute atomic E-state index is 13.9. The molecule has 1 unspecified atom stereocenters. The van der Waals surface area contributed by atoms with E-state index in [2.05, 4.69) is 5.32 Å². The van der Waals surface area contributed by atoms with Crippen LogP contribution < -0.4 is 5.32 Å². The number of rotatable bonds is 7. The average molecular weight is 522 g/mol. The highest BCUT2D eigenvalue weighted by Crippen LogP contribution is 2.31. The van der Waals surface area contributed by atoms with Gasteiger partial charge in [0.15, 0.2) is 0 Å². The molecule has 1 aliphatic rings. The molecule has 0 aromatic heterocycles. The highest BCUT2D eigenvalue weighted by molar-refractivity contribution is 5.94. The van der Waals surface area contributed by atoms with E-state index in [1.165, 1.54) is 12.0 Å². The van der Waals surface area contributed by atoms with Crippen LogP contribution in [-0.4, -0.2) is 48.0 Å². The van der Waals surface area contributed by atoms with E-state index in [1.807, 2.05) is 6.07 Å². The van der Waals surface area contributed by atoms with E-state index in [1.54, 1.807) is 13.0 Å². The van der Waals surface area contributed by atoms with Crippen LogP contribution in [0, 0.1) is 5.82 Å². The molecule has 1 heterocycles. The van der Waals surface area contributed by atoms with E-state index in [0.717, 1.165) is 29.3 Å². The van der Waals surface area contributed by atoms with Crippen molar-refractivity contribution in [1.29, 1.82) is 0 Å². The molecule has 37 heavy (non-hydrogen) atoms. The van der Waals surface area contributed by atoms with Crippen molar-refractivity contribution in [3.05, 3.63) is 75.6 Å². The molecule has 2 amide bonds. The zero-order chi connectivity index (χ0) is 27.3. The Bertz CT molecular complexity index is 1220. The molecule has 11 heteroatoms. The lowest BCUT2D eigenvalue weighted by Gasteiger charge is -2.31. The number of methoxy groups -OCH3 is 1. The number of esters is 1. The molecular formula is C26H26F4N2O5. The second-order valence-corrected chi connectivity index (χ2v) is 8.60. The molecule has 2 aromatic rings. The molecule has 3 rings (SSSR count). The van der Waals surface area contributed by atoms with Crippen LogP contribution in [0.15, 0.2) is 36.4 Å². The SMILES string of the molecule is COC(=O)Cc1cc2c(c(C(C)O)c1)CN(C(=O)CNC(=O)/C=C/c1ccc(C(F)(F)F)cc1F)CC2. The molecule has 0 aliphatic carbocycles. The van der Waals surface area contributed by atoms with Gasteiger partial charge in [-0.3, -0.25) is 14.4 Å². The smallest absolute Gasteiger partial charge is 0.416 e. The molecule has 0 saturated heterocycles. The standard InChI is InChI=1S/C26H26F4N2O5/c1-15(33)20-10-16(11-25(36)37-2)9-18-7-8-32(14-21(18)20)24(35)13-31-23(34)6-4-17-3-5-19(12-22(17)27)26(28,29)30/h3-6,9-10,12,15,33H,7-8,11,13-14H2,1-2H3,(H,31,34)/b6-4+. The van der Waals surface area contributed by atoms with Crippen molar-refractivity contribution in [3.8, 4) is 0 Å². The molecule has 7 nitrogen and oxygen atoms in total. The third kappa shape index (κ3) is 7.16. The normalized spacial score (nSPS) is 14.3. The van der Waals surface area contributed by atoms with Crippen molar-refractivity contribution in [2.45, 2.75) is 38.6 Å². The number of amides is 2. The summed E-state index contributed by atoms with van der Waals surface area (Å²) in [4.78, 5) is 38.0. The number of carbonyl (C=O) groups is 3. The first-order valence-corrected chi connectivity index (χ1v) is 11.4. The molecule has 0 bridgehead atoms. The van der Waals surface area contributed by atoms with Crippen LogP contribution in [0.4, 0.5) is 17.6 Å². The van der Waals surface area contributed by atoms with Crippen LogP contribution in [0.25, 0.3) is 6.08 Å². The monoisotopic (exact) mass is 522 g/mol. The highest BCUT2D eigenvalue weighted by Gasteiger charge is 2.31. The van der Waals surface area contributed by atoms with Crippen LogP contribution in [0.3, 0.4) is 0 Å². The Morgan fingerprint density at radius 1 is 1.22 bits per heavy atom. The Labute approximate surface area is 210 Å². The summed E-state index contributed by atoms with van der Waals surface area (Å²) in [6, 6.07) is 5.52. The lowest BCUT2D eigenvalue weighted by molar-refractivity contribution is -0.140. The molecule has 0 fully saturated rings. The fraction of sp³-hybridized carbons (Fsp3) is 0.346. The largest absolute Gasteiger partial charge is 0.469 e. The van der Waals surface area contributed by atoms with Crippen LogP contribution in [-0.2, 0) is 44.7 Å². The number of hydrogen-bond acceptors (Lipinski definition) is 5. The van der Waals surface area contributed by atoms with Crippen molar-refractivity contribution in [2.24, 2.45) is 0 Å². The molecular weight excluding hydrogens is 496 g/mol. The van der Waals surface area contributed by atoms with Crippen molar-refractivity contribution in [2.75, 3.05) is 20.2 Å². The lowest BCUT2D eigenvalue weighted by Crippen LogP contribution is -2.42. The van der Waals surface area contributed by atoms with E-state index in [0.29, 0.717) is 36.2 Å². The van der Waals surface area contributed by atoms with Gasteiger partial charge >= 0.3 is 12.1 Å². The topological polar surface area (TPSA) is 95.9 Å². The summed E-state index contributed by atoms with van der Waals surface area (Å²) in [5.74, 6) is -2.65. The van der Waals surface area contributed by atoms with Crippen LogP contribution >= 0.6 is 0 Å². The number of halogens is 4. The van der Waals surface area contributed by atoms with Crippen molar-refractivity contribution >= 4 is 23.9 Å². The molecule has 2 aromatic carbocycles. The molecule has 0 spiro atoms. The number of alkyl halides is 3. The van der Waals surface area contributed by atoms with E-state index < -0.39 is 35.5 Å². The summed E-state index contributed by atoms with van der Waals surface area (Å²) in [5, 5.41) is 12.6. The molecule has 1 atom stereocenters. The Hall–Kier alpha value is -3.73. The van der Waals surface area contributed by atoms with E-state index in [-0.39, 0.29) is 31.0 Å². The van der Waals surface area contributed by atoms with E-state index in [9.17, 15) is 37.1 Å². The number of aliphatic hydroxyl groups excluding tert-OH is 1. The minimum atomic E-state index is -4.68. The minimum Gasteiger partial charge on any atom is -0.469 e. The molecule has 2 N–H and O–H groups in total. The van der Waals surface area contributed by atoms with Gasteiger partial charge in [-0.05, 0) is 53.8 Å². The highest BCUT2D eigenvalue weighted by atomic mass is 19.4. The number of hydrogen-bond donors (Lipinski definition) is 2. The minimum absolute atomic E-state index is 0.0576. The number of carbonyl (C=O) groups excluding carboxylic acids is 3. The van der Waals surface area contributed by atoms with Gasteiger partial charge in [0.1, 0.15) is 5.82 Å². The van der Waals surface area contributed by atoms with Gasteiger partial charge < -0.3 is 20.1 Å². The first-order valence-electron chi connectivity index (χ1n) is 11.4. The number of aliphatic hydroxyl groups is 1. The summed E-state index contributed by atoms with van der Waals surface area (Å²) < 4.78 is 56.6. The number of ether oxygens (including phenoxy) is 1. The second kappa shape index (κ2) is 11.5. The van der Waals surface area contributed by atoms with Gasteiger partial charge in [0.2, 0.25) is 11.8 Å². The summed E-state index contributed by atoms with van der Waals surface area (Å²) in [7, 11) is 1.29. The molecule has 198 valence electrons. The zero-order valence-corrected chi connectivity index (χ0v) is 20.2. The van der Waals surface area contributed by atoms with E-state index >= 15 is 0 Å². The van der Waals surface area contributed by atoms with Crippen LogP contribution in [0.1, 0.15) is 46.4 Å². The number of benzene rings is 2. The molecule has 0 saturated carbocycles. The van der Waals surface area contributed by atoms with E-state index in [4.69, 9.17) is 4.74 Å². The maximum Gasteiger partial charge on any atom is 0.416 e. The Morgan fingerprint density at radius 2 is 1.95 bits per heavy atom. The quantitative estimate of drug-likeness (QED) is 0.331. The third-order valence-corrected chi connectivity index (χ3v) is 5.97. The Balaban J connectivity index is 1.62. The van der Waals surface area contributed by atoms with Crippen LogP contribution in [0.5, 0.6) is 0 Å². The summed E-state index contributed by atoms with van der Waals surface area (Å²) >= 11 is 0. The maximum atomic E-state index is 13.9. The fourth-order valence-corrected chi connectivity index (χ4v) is 4.03. The first-order chi connectivity index (χ1) is 17.4. The molecule has 0 radical (unpaired) electrons. The number of nitrogens with one attached hydrogen (secondary N) is 1. The van der Waals surface area contributed by atoms with Gasteiger partial charge in [0, 0.05) is 24.7 Å².